The molecule has 4 aliphatic rings. The molecular formula is C34H38N6O7. The number of aromatic nitrogens is 2. The first-order valence-electron chi connectivity index (χ1n) is 16.4. The molecule has 7 rings (SSSR count). The number of ether oxygens (including phenoxy) is 2. The summed E-state index contributed by atoms with van der Waals surface area (Å²) in [5.41, 5.74) is 2.56. The molecule has 1 aromatic heterocycles. The van der Waals surface area contributed by atoms with Crippen LogP contribution in [0.2, 0.25) is 0 Å². The molecule has 4 aliphatic heterocycles. The zero-order valence-corrected chi connectivity index (χ0v) is 26.1. The summed E-state index contributed by atoms with van der Waals surface area (Å²) < 4.78 is 17.0. The first-order valence-corrected chi connectivity index (χ1v) is 16.4. The van der Waals surface area contributed by atoms with Crippen LogP contribution in [0.15, 0.2) is 52.9 Å². The third-order valence-corrected chi connectivity index (χ3v) is 9.31. The number of hydrogen-bond acceptors (Lipinski definition) is 9. The molecule has 2 aromatic carbocycles. The van der Waals surface area contributed by atoms with Gasteiger partial charge in [0.2, 0.25) is 23.6 Å². The van der Waals surface area contributed by atoms with Gasteiger partial charge in [0.1, 0.15) is 24.3 Å². The second kappa shape index (κ2) is 13.6. The van der Waals surface area contributed by atoms with Crippen LogP contribution in [-0.2, 0) is 28.7 Å². The maximum absolute atomic E-state index is 13.1. The first-order chi connectivity index (χ1) is 22.9. The molecule has 13 heteroatoms. The number of carbonyl (C=O) groups excluding carboxylic acids is 4. The Balaban J connectivity index is 0.940. The number of nitrogens with zero attached hydrogens (tertiary/aromatic N) is 4. The molecule has 0 aliphatic carbocycles. The number of anilines is 2. The van der Waals surface area contributed by atoms with E-state index in [0.29, 0.717) is 86.3 Å². The van der Waals surface area contributed by atoms with Gasteiger partial charge in [-0.15, -0.1) is 10.2 Å². The fourth-order valence-electron chi connectivity index (χ4n) is 6.82. The van der Waals surface area contributed by atoms with E-state index in [4.69, 9.17) is 13.9 Å². The molecular weight excluding hydrogens is 604 g/mol. The summed E-state index contributed by atoms with van der Waals surface area (Å²) in [4.78, 5) is 55.2. The topological polar surface area (TPSA) is 156 Å². The van der Waals surface area contributed by atoms with Crippen LogP contribution in [0, 0.1) is 0 Å². The van der Waals surface area contributed by atoms with Crippen LogP contribution in [0.1, 0.15) is 51.4 Å². The minimum atomic E-state index is -0.511. The second-order valence-electron chi connectivity index (χ2n) is 12.4. The maximum Gasteiger partial charge on any atom is 0.252 e. The third kappa shape index (κ3) is 6.63. The van der Waals surface area contributed by atoms with Crippen LogP contribution in [0.25, 0.3) is 22.9 Å². The van der Waals surface area contributed by atoms with Crippen LogP contribution < -0.4 is 10.6 Å². The fourth-order valence-corrected chi connectivity index (χ4v) is 6.82. The van der Waals surface area contributed by atoms with Gasteiger partial charge in [-0.05, 0) is 99.9 Å². The van der Waals surface area contributed by atoms with E-state index in [1.807, 2.05) is 0 Å². The predicted octanol–water partition coefficient (Wildman–Crippen LogP) is 3.62. The van der Waals surface area contributed by atoms with Gasteiger partial charge in [-0.3, -0.25) is 19.2 Å². The molecule has 246 valence electrons. The minimum Gasteiger partial charge on any atom is -0.416 e. The average molecular weight is 643 g/mol. The van der Waals surface area contributed by atoms with Crippen LogP contribution in [0.5, 0.6) is 0 Å². The molecule has 47 heavy (non-hydrogen) atoms. The molecule has 0 spiro atoms. The molecule has 4 atom stereocenters. The standard InChI is InChI=1S/C34H38N6O7/c41-29(25-5-1-17-39(25)33(43)27-7-3-19-45-27)35-23-13-9-21(10-14-23)31-37-38-32(47-31)22-11-15-24(16-12-22)36-30(42)26-6-2-18-40(26)34(44)28-8-4-20-46-28/h9-16,25-28H,1-8,17-20H2,(H,35,41)(H,36,42)/t25-,26-,27-,28?/m0/s1. The highest BCUT2D eigenvalue weighted by Crippen LogP contribution is 2.28. The first kappa shape index (κ1) is 31.0. The van der Waals surface area contributed by atoms with Crippen molar-refractivity contribution in [2.75, 3.05) is 36.9 Å². The molecule has 2 N–H and O–H groups in total. The van der Waals surface area contributed by atoms with E-state index in [2.05, 4.69) is 20.8 Å². The van der Waals surface area contributed by atoms with Crippen molar-refractivity contribution >= 4 is 35.0 Å². The normalized spacial score (nSPS) is 24.1. The number of hydrogen-bond donors (Lipinski definition) is 2. The van der Waals surface area contributed by atoms with E-state index in [1.54, 1.807) is 58.3 Å². The van der Waals surface area contributed by atoms with Gasteiger partial charge in [-0.1, -0.05) is 0 Å². The average Bonchev–Trinajstić information content (AvgIpc) is 3.93. The SMILES string of the molecule is O=C(Nc1ccc(-c2nnc(-c3ccc(NC(=O)[C@@H]4CCCN4C(=O)[C@@H]4CCCO4)cc3)o2)cc1)[C@@H]1CCCN1C(=O)C1CCCO1. The highest BCUT2D eigenvalue weighted by atomic mass is 16.5. The van der Waals surface area contributed by atoms with Crippen molar-refractivity contribution < 1.29 is 33.1 Å². The summed E-state index contributed by atoms with van der Waals surface area (Å²) in [6, 6.07) is 13.1. The molecule has 0 saturated carbocycles. The molecule has 4 amide bonds. The van der Waals surface area contributed by atoms with E-state index in [-0.39, 0.29) is 23.6 Å². The monoisotopic (exact) mass is 642 g/mol. The summed E-state index contributed by atoms with van der Waals surface area (Å²) in [7, 11) is 0. The zero-order chi connectivity index (χ0) is 32.3. The van der Waals surface area contributed by atoms with Gasteiger partial charge in [0, 0.05) is 48.8 Å². The lowest BCUT2D eigenvalue weighted by atomic mass is 10.1. The van der Waals surface area contributed by atoms with Crippen LogP contribution >= 0.6 is 0 Å². The summed E-state index contributed by atoms with van der Waals surface area (Å²) in [5, 5.41) is 14.2. The van der Waals surface area contributed by atoms with Gasteiger partial charge in [0.15, 0.2) is 0 Å². The predicted molar refractivity (Wildman–Crippen MR) is 170 cm³/mol. The van der Waals surface area contributed by atoms with Gasteiger partial charge in [0.05, 0.1) is 0 Å². The van der Waals surface area contributed by atoms with E-state index >= 15 is 0 Å². The summed E-state index contributed by atoms with van der Waals surface area (Å²) in [6.07, 6.45) is 5.05. The lowest BCUT2D eigenvalue weighted by molar-refractivity contribution is -0.144. The molecule has 0 bridgehead atoms. The number of likely N-dealkylation sites (tertiary alicyclic amines) is 2. The molecule has 5 heterocycles. The van der Waals surface area contributed by atoms with Gasteiger partial charge in [-0.25, -0.2) is 0 Å². The van der Waals surface area contributed by atoms with E-state index in [1.165, 1.54) is 0 Å². The highest BCUT2D eigenvalue weighted by molar-refractivity contribution is 5.99. The Morgan fingerprint density at radius 2 is 1.02 bits per heavy atom. The van der Waals surface area contributed by atoms with Crippen molar-refractivity contribution in [1.82, 2.24) is 20.0 Å². The number of nitrogens with one attached hydrogen (secondary N) is 2. The van der Waals surface area contributed by atoms with Crippen molar-refractivity contribution in [3.05, 3.63) is 48.5 Å². The zero-order valence-electron chi connectivity index (χ0n) is 26.1. The minimum absolute atomic E-state index is 0.0964. The number of carbonyl (C=O) groups is 4. The number of rotatable bonds is 8. The second-order valence-corrected chi connectivity index (χ2v) is 12.4. The number of amides is 4. The van der Waals surface area contributed by atoms with Crippen LogP contribution in [0.4, 0.5) is 11.4 Å². The van der Waals surface area contributed by atoms with Crippen molar-refractivity contribution in [2.24, 2.45) is 0 Å². The lowest BCUT2D eigenvalue weighted by Crippen LogP contribution is -2.47. The van der Waals surface area contributed by atoms with E-state index < -0.39 is 24.3 Å². The summed E-state index contributed by atoms with van der Waals surface area (Å²) >= 11 is 0. The molecule has 0 radical (unpaired) electrons. The Morgan fingerprint density at radius 1 is 0.596 bits per heavy atom. The van der Waals surface area contributed by atoms with Gasteiger partial charge in [-0.2, -0.15) is 0 Å². The van der Waals surface area contributed by atoms with Crippen molar-refractivity contribution in [3.63, 3.8) is 0 Å². The molecule has 4 saturated heterocycles. The van der Waals surface area contributed by atoms with E-state index in [9.17, 15) is 19.2 Å². The Kier molecular flexibility index (Phi) is 8.99. The van der Waals surface area contributed by atoms with Gasteiger partial charge < -0.3 is 34.3 Å². The van der Waals surface area contributed by atoms with Crippen LogP contribution in [0.3, 0.4) is 0 Å². The van der Waals surface area contributed by atoms with Crippen LogP contribution in [-0.4, -0.2) is 94.2 Å². The summed E-state index contributed by atoms with van der Waals surface area (Å²) in [6.45, 7) is 2.29. The summed E-state index contributed by atoms with van der Waals surface area (Å²) in [5.74, 6) is 0.0121. The Morgan fingerprint density at radius 3 is 1.40 bits per heavy atom. The molecule has 4 fully saturated rings. The van der Waals surface area contributed by atoms with Gasteiger partial charge >= 0.3 is 0 Å². The molecule has 1 unspecified atom stereocenters. The quantitative estimate of drug-likeness (QED) is 0.375. The molecule has 3 aromatic rings. The fraction of sp³-hybridized carbons (Fsp3) is 0.471. The van der Waals surface area contributed by atoms with Gasteiger partial charge in [0.25, 0.3) is 11.8 Å². The Hall–Kier alpha value is -4.62. The van der Waals surface area contributed by atoms with Crippen molar-refractivity contribution in [1.29, 1.82) is 0 Å². The Labute approximate surface area is 272 Å². The largest absolute Gasteiger partial charge is 0.416 e. The lowest BCUT2D eigenvalue weighted by Gasteiger charge is -2.26. The third-order valence-electron chi connectivity index (χ3n) is 9.31. The number of benzene rings is 2. The van der Waals surface area contributed by atoms with Crippen molar-refractivity contribution in [3.8, 4) is 22.9 Å². The van der Waals surface area contributed by atoms with Crippen molar-refractivity contribution in [2.45, 2.75) is 75.7 Å². The highest BCUT2D eigenvalue weighted by Gasteiger charge is 2.39. The maximum atomic E-state index is 13.1. The smallest absolute Gasteiger partial charge is 0.252 e. The molecule has 13 nitrogen and oxygen atoms in total. The Bertz CT molecular complexity index is 1490. The van der Waals surface area contributed by atoms with E-state index in [0.717, 1.165) is 25.7 Å².